The normalized spacial score (nSPS) is 29.7. The molecule has 18 nitrogen and oxygen atoms in total. The third-order valence-electron chi connectivity index (χ3n) is 6.70. The minimum atomic E-state index is -4.36. The van der Waals surface area contributed by atoms with E-state index in [2.05, 4.69) is 48.9 Å². The number of anilines is 2. The van der Waals surface area contributed by atoms with Crippen LogP contribution >= 0.6 is 19.0 Å². The van der Waals surface area contributed by atoms with Crippen molar-refractivity contribution in [1.29, 1.82) is 0 Å². The van der Waals surface area contributed by atoms with Crippen LogP contribution in [0.5, 0.6) is 0 Å². The van der Waals surface area contributed by atoms with Crippen LogP contribution in [0.3, 0.4) is 0 Å². The second-order valence-corrected chi connectivity index (χ2v) is 12.2. The highest BCUT2D eigenvalue weighted by molar-refractivity contribution is 8.44. The topological polar surface area (TPSA) is 253 Å². The summed E-state index contributed by atoms with van der Waals surface area (Å²) in [6.45, 7) is -1.61. The van der Waals surface area contributed by atoms with E-state index in [0.29, 0.717) is 5.70 Å². The Morgan fingerprint density at radius 1 is 1.38 bits per heavy atom. The lowest BCUT2D eigenvalue weighted by Crippen LogP contribution is -2.32. The number of ether oxygens (including phenoxy) is 2. The number of nitrogens with zero attached hydrogens (tertiary/aromatic N) is 7. The summed E-state index contributed by atoms with van der Waals surface area (Å²) in [6.07, 6.45) is -6.83. The molecule has 0 radical (unpaired) electrons. The van der Waals surface area contributed by atoms with Crippen LogP contribution in [0.2, 0.25) is 0 Å². The van der Waals surface area contributed by atoms with Crippen molar-refractivity contribution in [2.45, 2.75) is 49.3 Å². The van der Waals surface area contributed by atoms with Gasteiger partial charge in [-0.3, -0.25) is 28.4 Å². The zero-order valence-corrected chi connectivity index (χ0v) is 23.7. The number of rotatable bonds is 9. The quantitative estimate of drug-likeness (QED) is 0.120. The zero-order chi connectivity index (χ0) is 30.3. The Kier molecular flexibility index (Phi) is 8.50. The molecule has 0 amide bonds. The van der Waals surface area contributed by atoms with E-state index in [9.17, 15) is 19.6 Å². The number of nitrogen functional groups attached to an aromatic ring is 2. The van der Waals surface area contributed by atoms with Gasteiger partial charge in [-0.15, -0.1) is 0 Å². The smallest absolute Gasteiger partial charge is 0.386 e. The van der Waals surface area contributed by atoms with Crippen molar-refractivity contribution < 1.29 is 37.7 Å². The molecule has 21 heteroatoms. The van der Waals surface area contributed by atoms with Gasteiger partial charge in [0.05, 0.1) is 31.3 Å². The number of imidazole rings is 1. The molecule has 0 aliphatic carbocycles. The van der Waals surface area contributed by atoms with Crippen molar-refractivity contribution >= 4 is 47.7 Å². The lowest BCUT2D eigenvalue weighted by molar-refractivity contribution is -0.0483. The summed E-state index contributed by atoms with van der Waals surface area (Å²) >= 11 is 3.97. The van der Waals surface area contributed by atoms with E-state index < -0.39 is 68.5 Å². The SMILES string of the molecule is C=C([C@H]1C[C@H](O)[C@@H](COP(=O)(S)O[C@@H]2[C@H](F)[C@@H](CO)O[C@H]2n2cnc3c(=O)[nH]c(N)nc32)O1)n1ncnc(N)/c1=N/C. The van der Waals surface area contributed by atoms with Crippen molar-refractivity contribution in [2.24, 2.45) is 4.99 Å². The first-order chi connectivity index (χ1) is 19.9. The fourth-order valence-electron chi connectivity index (χ4n) is 4.67. The van der Waals surface area contributed by atoms with Crippen molar-refractivity contribution in [3.05, 3.63) is 35.1 Å². The van der Waals surface area contributed by atoms with Crippen LogP contribution in [0.1, 0.15) is 12.6 Å². The van der Waals surface area contributed by atoms with Gasteiger partial charge in [0, 0.05) is 13.5 Å². The van der Waals surface area contributed by atoms with Gasteiger partial charge in [-0.25, -0.2) is 23.6 Å². The molecule has 0 spiro atoms. The number of thiol groups is 1. The Labute approximate surface area is 240 Å². The lowest BCUT2D eigenvalue weighted by atomic mass is 10.1. The van der Waals surface area contributed by atoms with Gasteiger partial charge < -0.3 is 31.2 Å². The Morgan fingerprint density at radius 2 is 2.14 bits per heavy atom. The highest BCUT2D eigenvalue weighted by atomic mass is 32.7. The number of hydrogen-bond donors (Lipinski definition) is 6. The first-order valence-electron chi connectivity index (χ1n) is 12.4. The van der Waals surface area contributed by atoms with Crippen LogP contribution in [-0.4, -0.2) is 101 Å². The predicted octanol–water partition coefficient (Wildman–Crippen LogP) is -1.24. The summed E-state index contributed by atoms with van der Waals surface area (Å²) in [5, 5.41) is 24.3. The van der Waals surface area contributed by atoms with Gasteiger partial charge >= 0.3 is 6.80 Å². The van der Waals surface area contributed by atoms with Crippen LogP contribution in [0.25, 0.3) is 16.9 Å². The minimum Gasteiger partial charge on any atom is -0.394 e. The van der Waals surface area contributed by atoms with E-state index in [1.807, 2.05) is 0 Å². The maximum atomic E-state index is 15.3. The van der Waals surface area contributed by atoms with E-state index in [1.165, 1.54) is 18.1 Å². The van der Waals surface area contributed by atoms with Crippen LogP contribution in [0.4, 0.5) is 16.2 Å². The summed E-state index contributed by atoms with van der Waals surface area (Å²) in [4.78, 5) is 30.4. The number of hydrogen-bond acceptors (Lipinski definition) is 15. The van der Waals surface area contributed by atoms with Gasteiger partial charge in [0.15, 0.2) is 34.9 Å². The van der Waals surface area contributed by atoms with Crippen molar-refractivity contribution in [3.63, 3.8) is 0 Å². The second-order valence-electron chi connectivity index (χ2n) is 9.36. The maximum absolute atomic E-state index is 15.3. The third kappa shape index (κ3) is 5.71. The summed E-state index contributed by atoms with van der Waals surface area (Å²) in [7, 11) is 1.50. The molecule has 5 heterocycles. The van der Waals surface area contributed by atoms with E-state index in [1.54, 1.807) is 0 Å². The van der Waals surface area contributed by atoms with Gasteiger partial charge in [-0.05, 0) is 0 Å². The van der Waals surface area contributed by atoms with E-state index >= 15 is 4.39 Å². The van der Waals surface area contributed by atoms with E-state index in [-0.39, 0.29) is 34.8 Å². The molecule has 1 unspecified atom stereocenters. The number of fused-ring (bicyclic) bond motifs is 1. The highest BCUT2D eigenvalue weighted by Gasteiger charge is 2.50. The summed E-state index contributed by atoms with van der Waals surface area (Å²) < 4.78 is 53.3. The molecule has 7 N–H and O–H groups in total. The van der Waals surface area contributed by atoms with Gasteiger partial charge in [0.1, 0.15) is 30.7 Å². The number of nitrogens with two attached hydrogens (primary N) is 2. The molecular formula is C21H28FN10O8PS. The number of aliphatic hydroxyl groups is 2. The highest BCUT2D eigenvalue weighted by Crippen LogP contribution is 2.57. The summed E-state index contributed by atoms with van der Waals surface area (Å²) in [5.74, 6) is -0.125. The number of alkyl halides is 1. The molecule has 0 saturated carbocycles. The largest absolute Gasteiger partial charge is 0.394 e. The molecule has 2 aliphatic heterocycles. The third-order valence-corrected chi connectivity index (χ3v) is 8.31. The van der Waals surface area contributed by atoms with E-state index in [4.69, 9.17) is 30.0 Å². The van der Waals surface area contributed by atoms with Gasteiger partial charge in [-0.1, -0.05) is 18.8 Å². The fourth-order valence-corrected chi connectivity index (χ4v) is 6.12. The first kappa shape index (κ1) is 30.2. The summed E-state index contributed by atoms with van der Waals surface area (Å²) in [6, 6.07) is 0. The molecule has 228 valence electrons. The standard InChI is InChI=1S/C21H28FN10O8PS/c1-8(32-18(25-2)16(23)26-6-28-32)10-3-9(34)12(38-10)5-37-41(36,42)40-15-13(22)11(4-33)39-20(15)31-7-27-14-17(31)29-21(24)30-19(14)35/h6-7,9-13,15,20,33-34H,1,3-5H2,2H3,(H,36,42)(H2,23,26,28)(H3,24,29,30,35)/b25-18-/t9-,10+,11+,12+,13+,15+,20+,41?/m0/s1. The molecule has 2 saturated heterocycles. The molecule has 5 rings (SSSR count). The van der Waals surface area contributed by atoms with E-state index in [0.717, 1.165) is 10.9 Å². The molecule has 3 aromatic heterocycles. The Hall–Kier alpha value is -3.23. The lowest BCUT2D eigenvalue weighted by Gasteiger charge is -2.25. The predicted molar refractivity (Wildman–Crippen MR) is 146 cm³/mol. The number of nitrogens with one attached hydrogen (secondary N) is 1. The fraction of sp³-hybridized carbons (Fsp3) is 0.524. The average molecular weight is 631 g/mol. The minimum absolute atomic E-state index is 0.0633. The summed E-state index contributed by atoms with van der Waals surface area (Å²) in [5.41, 5.74) is 11.2. The Balaban J connectivity index is 1.29. The first-order valence-corrected chi connectivity index (χ1v) is 15.1. The molecule has 8 atom stereocenters. The van der Waals surface area contributed by atoms with Crippen molar-refractivity contribution in [3.8, 4) is 0 Å². The molecular weight excluding hydrogens is 602 g/mol. The molecule has 3 aromatic rings. The monoisotopic (exact) mass is 630 g/mol. The Bertz CT molecular complexity index is 1670. The number of H-pyrrole nitrogens is 1. The number of aromatic nitrogens is 7. The zero-order valence-electron chi connectivity index (χ0n) is 21.9. The van der Waals surface area contributed by atoms with Crippen molar-refractivity contribution in [2.75, 3.05) is 31.7 Å². The van der Waals surface area contributed by atoms with Gasteiger partial charge in [0.25, 0.3) is 5.56 Å². The van der Waals surface area contributed by atoms with Crippen LogP contribution in [-0.2, 0) is 23.1 Å². The van der Waals surface area contributed by atoms with Gasteiger partial charge in [0.2, 0.25) is 5.95 Å². The van der Waals surface area contributed by atoms with Crippen LogP contribution in [0, 0.1) is 0 Å². The Morgan fingerprint density at radius 3 is 2.86 bits per heavy atom. The van der Waals surface area contributed by atoms with Crippen LogP contribution in [0.15, 0.2) is 29.0 Å². The number of aliphatic hydroxyl groups excluding tert-OH is 2. The molecule has 2 aliphatic rings. The molecule has 42 heavy (non-hydrogen) atoms. The number of halogens is 1. The molecule has 0 aromatic carbocycles. The molecule has 0 bridgehead atoms. The molecule has 2 fully saturated rings. The number of aromatic amines is 1. The maximum Gasteiger partial charge on any atom is 0.386 e. The average Bonchev–Trinajstić information content (AvgIpc) is 3.62. The van der Waals surface area contributed by atoms with Gasteiger partial charge in [-0.2, -0.15) is 10.1 Å². The van der Waals surface area contributed by atoms with Crippen molar-refractivity contribution in [1.82, 2.24) is 34.3 Å². The second kappa shape index (κ2) is 11.8. The van der Waals surface area contributed by atoms with Crippen LogP contribution < -0.4 is 22.5 Å².